The van der Waals surface area contributed by atoms with E-state index in [1.54, 1.807) is 0 Å². The van der Waals surface area contributed by atoms with Gasteiger partial charge in [0, 0.05) is 29.8 Å². The predicted octanol–water partition coefficient (Wildman–Crippen LogP) is 2.94. The smallest absolute Gasteiger partial charge is 0.0700 e. The van der Waals surface area contributed by atoms with Crippen LogP contribution in [0.15, 0.2) is 35.2 Å². The largest absolute Gasteiger partial charge is 0.377 e. The Morgan fingerprint density at radius 1 is 1.41 bits per heavy atom. The molecule has 2 atom stereocenters. The Morgan fingerprint density at radius 2 is 2.24 bits per heavy atom. The van der Waals surface area contributed by atoms with Crippen LogP contribution in [-0.4, -0.2) is 31.1 Å². The molecule has 1 aromatic rings. The molecule has 2 unspecified atom stereocenters. The number of thioether (sulfide) groups is 1. The molecule has 1 N–H and O–H groups in total. The number of ether oxygens (including phenoxy) is 1. The molecule has 2 nitrogen and oxygen atoms in total. The molecule has 94 valence electrons. The summed E-state index contributed by atoms with van der Waals surface area (Å²) < 4.78 is 5.58. The average molecular weight is 251 g/mol. The summed E-state index contributed by atoms with van der Waals surface area (Å²) in [6.45, 7) is 5.25. The van der Waals surface area contributed by atoms with Crippen molar-refractivity contribution >= 4 is 11.8 Å². The minimum absolute atomic E-state index is 0.448. The van der Waals surface area contributed by atoms with E-state index in [2.05, 4.69) is 42.6 Å². The van der Waals surface area contributed by atoms with E-state index < -0.39 is 0 Å². The van der Waals surface area contributed by atoms with Crippen molar-refractivity contribution in [3.05, 3.63) is 30.3 Å². The summed E-state index contributed by atoms with van der Waals surface area (Å²) in [6, 6.07) is 10.6. The standard InChI is InChI=1S/C14H21NOS/c1-12(17-14-7-3-2-4-8-14)10-15-11-13-6-5-9-16-13/h2-4,7-8,12-13,15H,5-6,9-11H2,1H3. The van der Waals surface area contributed by atoms with Gasteiger partial charge in [0.25, 0.3) is 0 Å². The zero-order valence-electron chi connectivity index (χ0n) is 10.4. The van der Waals surface area contributed by atoms with E-state index >= 15 is 0 Å². The second-order valence-corrected chi connectivity index (χ2v) is 6.05. The number of nitrogens with one attached hydrogen (secondary N) is 1. The van der Waals surface area contributed by atoms with E-state index in [4.69, 9.17) is 4.74 Å². The molecule has 1 aliphatic heterocycles. The minimum Gasteiger partial charge on any atom is -0.377 e. The highest BCUT2D eigenvalue weighted by Gasteiger charge is 2.15. The van der Waals surface area contributed by atoms with E-state index in [-0.39, 0.29) is 0 Å². The van der Waals surface area contributed by atoms with Gasteiger partial charge in [-0.3, -0.25) is 0 Å². The molecule has 2 rings (SSSR count). The second kappa shape index (κ2) is 7.04. The summed E-state index contributed by atoms with van der Waals surface area (Å²) in [4.78, 5) is 1.35. The first-order valence-electron chi connectivity index (χ1n) is 6.38. The zero-order chi connectivity index (χ0) is 11.9. The van der Waals surface area contributed by atoms with Crippen LogP contribution in [0, 0.1) is 0 Å². The summed E-state index contributed by atoms with van der Waals surface area (Å²) in [5, 5.41) is 4.10. The Kier molecular flexibility index (Phi) is 5.36. The quantitative estimate of drug-likeness (QED) is 0.786. The third-order valence-corrected chi connectivity index (χ3v) is 4.02. The van der Waals surface area contributed by atoms with Gasteiger partial charge in [-0.15, -0.1) is 11.8 Å². The Bertz CT molecular complexity index is 311. The van der Waals surface area contributed by atoms with Crippen LogP contribution in [0.5, 0.6) is 0 Å². The lowest BCUT2D eigenvalue weighted by molar-refractivity contribution is 0.110. The maximum absolute atomic E-state index is 5.58. The van der Waals surface area contributed by atoms with E-state index in [0.717, 1.165) is 19.7 Å². The lowest BCUT2D eigenvalue weighted by Gasteiger charge is -2.15. The molecule has 1 aliphatic rings. The van der Waals surface area contributed by atoms with Crippen molar-refractivity contribution in [3.8, 4) is 0 Å². The van der Waals surface area contributed by atoms with Crippen LogP contribution < -0.4 is 5.32 Å². The normalized spacial score (nSPS) is 21.6. The van der Waals surface area contributed by atoms with Crippen LogP contribution in [0.3, 0.4) is 0 Å². The topological polar surface area (TPSA) is 21.3 Å². The summed E-state index contributed by atoms with van der Waals surface area (Å²) in [6.07, 6.45) is 2.89. The van der Waals surface area contributed by atoms with Crippen molar-refractivity contribution in [2.24, 2.45) is 0 Å². The van der Waals surface area contributed by atoms with Gasteiger partial charge in [0.15, 0.2) is 0 Å². The van der Waals surface area contributed by atoms with Crippen LogP contribution in [-0.2, 0) is 4.74 Å². The van der Waals surface area contributed by atoms with Gasteiger partial charge in [-0.1, -0.05) is 25.1 Å². The fourth-order valence-electron chi connectivity index (χ4n) is 2.03. The van der Waals surface area contributed by atoms with E-state index in [1.165, 1.54) is 17.7 Å². The van der Waals surface area contributed by atoms with Crippen LogP contribution in [0.1, 0.15) is 19.8 Å². The first kappa shape index (κ1) is 12.9. The molecule has 0 aliphatic carbocycles. The monoisotopic (exact) mass is 251 g/mol. The molecule has 1 heterocycles. The van der Waals surface area contributed by atoms with Gasteiger partial charge < -0.3 is 10.1 Å². The van der Waals surface area contributed by atoms with Crippen LogP contribution >= 0.6 is 11.8 Å². The summed E-state index contributed by atoms with van der Waals surface area (Å²) in [5.41, 5.74) is 0. The van der Waals surface area contributed by atoms with Crippen molar-refractivity contribution in [1.29, 1.82) is 0 Å². The van der Waals surface area contributed by atoms with Gasteiger partial charge in [0.05, 0.1) is 6.10 Å². The highest BCUT2D eigenvalue weighted by Crippen LogP contribution is 2.22. The Balaban J connectivity index is 1.62. The highest BCUT2D eigenvalue weighted by molar-refractivity contribution is 8.00. The zero-order valence-corrected chi connectivity index (χ0v) is 11.2. The van der Waals surface area contributed by atoms with Crippen LogP contribution in [0.4, 0.5) is 0 Å². The third-order valence-electron chi connectivity index (χ3n) is 2.91. The highest BCUT2D eigenvalue weighted by atomic mass is 32.2. The maximum atomic E-state index is 5.58. The predicted molar refractivity (Wildman–Crippen MR) is 73.6 cm³/mol. The lowest BCUT2D eigenvalue weighted by atomic mass is 10.2. The number of rotatable bonds is 6. The molecule has 17 heavy (non-hydrogen) atoms. The second-order valence-electron chi connectivity index (χ2n) is 4.53. The van der Waals surface area contributed by atoms with Crippen LogP contribution in [0.25, 0.3) is 0 Å². The van der Waals surface area contributed by atoms with Crippen molar-refractivity contribution in [1.82, 2.24) is 5.32 Å². The van der Waals surface area contributed by atoms with Crippen molar-refractivity contribution in [3.63, 3.8) is 0 Å². The molecule has 0 bridgehead atoms. The summed E-state index contributed by atoms with van der Waals surface area (Å²) in [7, 11) is 0. The van der Waals surface area contributed by atoms with E-state index in [1.807, 2.05) is 11.8 Å². The molecule has 0 radical (unpaired) electrons. The van der Waals surface area contributed by atoms with Crippen LogP contribution in [0.2, 0.25) is 0 Å². The summed E-state index contributed by atoms with van der Waals surface area (Å²) in [5.74, 6) is 0. The fourth-order valence-corrected chi connectivity index (χ4v) is 3.01. The molecule has 0 aromatic heterocycles. The SMILES string of the molecule is CC(CNCC1CCCO1)Sc1ccccc1. The van der Waals surface area contributed by atoms with E-state index in [9.17, 15) is 0 Å². The molecular weight excluding hydrogens is 230 g/mol. The van der Waals surface area contributed by atoms with Gasteiger partial charge in [-0.2, -0.15) is 0 Å². The molecule has 1 saturated heterocycles. The Labute approximate surface area is 108 Å². The first-order chi connectivity index (χ1) is 8.34. The minimum atomic E-state index is 0.448. The number of benzene rings is 1. The third kappa shape index (κ3) is 4.70. The molecular formula is C14H21NOS. The van der Waals surface area contributed by atoms with Gasteiger partial charge in [-0.25, -0.2) is 0 Å². The van der Waals surface area contributed by atoms with Gasteiger partial charge in [0.1, 0.15) is 0 Å². The van der Waals surface area contributed by atoms with Crippen molar-refractivity contribution in [2.45, 2.75) is 36.0 Å². The maximum Gasteiger partial charge on any atom is 0.0700 e. The van der Waals surface area contributed by atoms with Gasteiger partial charge in [0.2, 0.25) is 0 Å². The Hall–Kier alpha value is -0.510. The molecule has 1 aromatic carbocycles. The van der Waals surface area contributed by atoms with E-state index in [0.29, 0.717) is 11.4 Å². The molecule has 0 saturated carbocycles. The first-order valence-corrected chi connectivity index (χ1v) is 7.26. The summed E-state index contributed by atoms with van der Waals surface area (Å²) >= 11 is 1.92. The van der Waals surface area contributed by atoms with Crippen molar-refractivity contribution < 1.29 is 4.74 Å². The van der Waals surface area contributed by atoms with Gasteiger partial charge in [-0.05, 0) is 25.0 Å². The molecule has 0 spiro atoms. The lowest BCUT2D eigenvalue weighted by Crippen LogP contribution is -2.30. The molecule has 3 heteroatoms. The average Bonchev–Trinajstić information content (AvgIpc) is 2.83. The van der Waals surface area contributed by atoms with Crippen molar-refractivity contribution in [2.75, 3.05) is 19.7 Å². The number of hydrogen-bond acceptors (Lipinski definition) is 3. The molecule has 1 fully saturated rings. The fraction of sp³-hybridized carbons (Fsp3) is 0.571. The van der Waals surface area contributed by atoms with Gasteiger partial charge >= 0.3 is 0 Å². The number of hydrogen-bond donors (Lipinski definition) is 1. The Morgan fingerprint density at radius 3 is 2.94 bits per heavy atom. The molecule has 0 amide bonds.